The Labute approximate surface area is 104 Å². The van der Waals surface area contributed by atoms with Crippen molar-refractivity contribution in [3.63, 3.8) is 0 Å². The average Bonchev–Trinajstić information content (AvgIpc) is 2.58. The number of rotatable bonds is 4. The second kappa shape index (κ2) is 5.06. The van der Waals surface area contributed by atoms with Gasteiger partial charge in [0.15, 0.2) is 0 Å². The molecular weight excluding hydrogens is 236 g/mol. The molecule has 2 N–H and O–H groups in total. The van der Waals surface area contributed by atoms with Crippen LogP contribution in [0.1, 0.15) is 24.8 Å². The molecule has 0 radical (unpaired) electrons. The Hall–Kier alpha value is -0.740. The van der Waals surface area contributed by atoms with Gasteiger partial charge in [0.1, 0.15) is 0 Å². The quantitative estimate of drug-likeness (QED) is 0.506. The van der Waals surface area contributed by atoms with E-state index in [1.165, 1.54) is 22.4 Å². The third kappa shape index (κ3) is 2.50. The van der Waals surface area contributed by atoms with Gasteiger partial charge in [-0.05, 0) is 31.2 Å². The molecule has 0 saturated carbocycles. The predicted molar refractivity (Wildman–Crippen MR) is 74.4 cm³/mol. The monoisotopic (exact) mass is 252 g/mol. The Morgan fingerprint density at radius 3 is 3.00 bits per heavy atom. The van der Waals surface area contributed by atoms with Gasteiger partial charge in [0.25, 0.3) is 0 Å². The summed E-state index contributed by atoms with van der Waals surface area (Å²) >= 11 is 3.54. The van der Waals surface area contributed by atoms with Gasteiger partial charge in [-0.3, -0.25) is 0 Å². The van der Waals surface area contributed by atoms with E-state index >= 15 is 0 Å². The van der Waals surface area contributed by atoms with E-state index < -0.39 is 0 Å². The largest absolute Gasteiger partial charge is 0.398 e. The summed E-state index contributed by atoms with van der Waals surface area (Å²) in [6.45, 7) is 4.24. The number of thioether (sulfide) groups is 1. The summed E-state index contributed by atoms with van der Waals surface area (Å²) in [5, 5.41) is 1.10. The van der Waals surface area contributed by atoms with E-state index in [0.29, 0.717) is 0 Å². The molecule has 86 valence electrons. The SMILES string of the molecule is CCCCSc1cc2nc(C)sc2cc1N. The van der Waals surface area contributed by atoms with Crippen LogP contribution in [0.25, 0.3) is 10.2 Å². The molecule has 2 nitrogen and oxygen atoms in total. The van der Waals surface area contributed by atoms with E-state index in [4.69, 9.17) is 5.73 Å². The lowest BCUT2D eigenvalue weighted by atomic mass is 10.3. The Morgan fingerprint density at radius 1 is 1.44 bits per heavy atom. The third-order valence-electron chi connectivity index (χ3n) is 2.38. The number of aryl methyl sites for hydroxylation is 1. The van der Waals surface area contributed by atoms with E-state index in [-0.39, 0.29) is 0 Å². The van der Waals surface area contributed by atoms with Crippen molar-refractivity contribution in [1.82, 2.24) is 4.98 Å². The predicted octanol–water partition coefficient (Wildman–Crippen LogP) is 4.08. The Kier molecular flexibility index (Phi) is 3.71. The van der Waals surface area contributed by atoms with Crippen LogP contribution in [0, 0.1) is 6.92 Å². The minimum atomic E-state index is 0.886. The fourth-order valence-corrected chi connectivity index (χ4v) is 3.47. The number of thiazole rings is 1. The van der Waals surface area contributed by atoms with E-state index in [0.717, 1.165) is 22.0 Å². The first-order valence-electron chi connectivity index (χ1n) is 5.50. The summed E-state index contributed by atoms with van der Waals surface area (Å²) in [4.78, 5) is 5.67. The van der Waals surface area contributed by atoms with Crippen LogP contribution in [0.15, 0.2) is 17.0 Å². The normalized spacial score (nSPS) is 11.1. The number of nitrogens with two attached hydrogens (primary N) is 1. The number of nitrogen functional groups attached to an aromatic ring is 1. The van der Waals surface area contributed by atoms with Crippen molar-refractivity contribution in [3.05, 3.63) is 17.1 Å². The summed E-state index contributed by atoms with van der Waals surface area (Å²) < 4.78 is 1.19. The van der Waals surface area contributed by atoms with E-state index in [2.05, 4.69) is 18.0 Å². The van der Waals surface area contributed by atoms with Crippen molar-refractivity contribution < 1.29 is 0 Å². The minimum Gasteiger partial charge on any atom is -0.398 e. The molecule has 0 saturated heterocycles. The zero-order chi connectivity index (χ0) is 11.5. The number of anilines is 1. The number of hydrogen-bond acceptors (Lipinski definition) is 4. The summed E-state index contributed by atoms with van der Waals surface area (Å²) in [5.41, 5.74) is 8.00. The molecule has 0 amide bonds. The smallest absolute Gasteiger partial charge is 0.0907 e. The number of hydrogen-bond donors (Lipinski definition) is 1. The molecule has 2 aromatic rings. The lowest BCUT2D eigenvalue weighted by Gasteiger charge is -2.04. The molecule has 1 aromatic heterocycles. The fourth-order valence-electron chi connectivity index (χ4n) is 1.54. The molecule has 0 aliphatic carbocycles. The number of aromatic nitrogens is 1. The number of unbranched alkanes of at least 4 members (excludes halogenated alkanes) is 1. The topological polar surface area (TPSA) is 38.9 Å². The molecule has 0 spiro atoms. The van der Waals surface area contributed by atoms with Crippen LogP contribution in [0.4, 0.5) is 5.69 Å². The van der Waals surface area contributed by atoms with Crippen molar-refractivity contribution in [3.8, 4) is 0 Å². The lowest BCUT2D eigenvalue weighted by Crippen LogP contribution is -1.89. The summed E-state index contributed by atoms with van der Waals surface area (Å²) in [5.74, 6) is 1.13. The van der Waals surface area contributed by atoms with Crippen molar-refractivity contribution in [1.29, 1.82) is 0 Å². The molecule has 16 heavy (non-hydrogen) atoms. The van der Waals surface area contributed by atoms with Gasteiger partial charge in [-0.25, -0.2) is 4.98 Å². The maximum absolute atomic E-state index is 6.04. The van der Waals surface area contributed by atoms with Gasteiger partial charge in [0, 0.05) is 10.6 Å². The fraction of sp³-hybridized carbons (Fsp3) is 0.417. The van der Waals surface area contributed by atoms with Crippen molar-refractivity contribution >= 4 is 39.0 Å². The zero-order valence-electron chi connectivity index (χ0n) is 9.62. The van der Waals surface area contributed by atoms with Crippen LogP contribution in [-0.4, -0.2) is 10.7 Å². The van der Waals surface area contributed by atoms with E-state index in [9.17, 15) is 0 Å². The van der Waals surface area contributed by atoms with Crippen LogP contribution in [0.5, 0.6) is 0 Å². The Balaban J connectivity index is 2.27. The summed E-state index contributed by atoms with van der Waals surface area (Å²) in [6.07, 6.45) is 2.46. The van der Waals surface area contributed by atoms with Gasteiger partial charge in [-0.1, -0.05) is 13.3 Å². The Bertz CT molecular complexity index is 491. The molecule has 0 aliphatic heterocycles. The molecule has 0 atom stereocenters. The van der Waals surface area contributed by atoms with Gasteiger partial charge in [0.05, 0.1) is 15.2 Å². The van der Waals surface area contributed by atoms with Crippen LogP contribution >= 0.6 is 23.1 Å². The summed E-state index contributed by atoms with van der Waals surface area (Å²) in [7, 11) is 0. The maximum Gasteiger partial charge on any atom is 0.0907 e. The summed E-state index contributed by atoms with van der Waals surface area (Å²) in [6, 6.07) is 4.17. The van der Waals surface area contributed by atoms with Crippen LogP contribution in [0.2, 0.25) is 0 Å². The van der Waals surface area contributed by atoms with Gasteiger partial charge >= 0.3 is 0 Å². The average molecular weight is 252 g/mol. The molecule has 0 fully saturated rings. The first kappa shape index (κ1) is 11.7. The standard InChI is InChI=1S/C12H16N2S2/c1-3-4-5-15-11-7-10-12(6-9(11)13)16-8(2)14-10/h6-7H,3-5,13H2,1-2H3. The molecule has 2 rings (SSSR count). The van der Waals surface area contributed by atoms with Gasteiger partial charge < -0.3 is 5.73 Å². The third-order valence-corrected chi connectivity index (χ3v) is 4.47. The van der Waals surface area contributed by atoms with Gasteiger partial charge in [-0.2, -0.15) is 0 Å². The maximum atomic E-state index is 6.04. The van der Waals surface area contributed by atoms with Crippen molar-refractivity contribution in [2.75, 3.05) is 11.5 Å². The second-order valence-corrected chi connectivity index (χ2v) is 6.16. The van der Waals surface area contributed by atoms with Crippen LogP contribution in [-0.2, 0) is 0 Å². The Morgan fingerprint density at radius 2 is 2.25 bits per heavy atom. The molecular formula is C12H16N2S2. The highest BCUT2D eigenvalue weighted by atomic mass is 32.2. The second-order valence-electron chi connectivity index (χ2n) is 3.79. The zero-order valence-corrected chi connectivity index (χ0v) is 11.3. The van der Waals surface area contributed by atoms with E-state index in [1.54, 1.807) is 11.3 Å². The van der Waals surface area contributed by atoms with Crippen LogP contribution in [0.3, 0.4) is 0 Å². The molecule has 0 aliphatic rings. The number of fused-ring (bicyclic) bond motifs is 1. The van der Waals surface area contributed by atoms with Gasteiger partial charge in [-0.15, -0.1) is 23.1 Å². The molecule has 0 unspecified atom stereocenters. The van der Waals surface area contributed by atoms with E-state index in [1.807, 2.05) is 24.8 Å². The van der Waals surface area contributed by atoms with Crippen molar-refractivity contribution in [2.24, 2.45) is 0 Å². The van der Waals surface area contributed by atoms with Crippen LogP contribution < -0.4 is 5.73 Å². The highest BCUT2D eigenvalue weighted by Gasteiger charge is 2.06. The first-order chi connectivity index (χ1) is 7.70. The molecule has 4 heteroatoms. The molecule has 1 aromatic carbocycles. The number of nitrogens with zero attached hydrogens (tertiary/aromatic N) is 1. The lowest BCUT2D eigenvalue weighted by molar-refractivity contribution is 0.896. The highest BCUT2D eigenvalue weighted by Crippen LogP contribution is 2.32. The minimum absolute atomic E-state index is 0.886. The van der Waals surface area contributed by atoms with Crippen molar-refractivity contribution in [2.45, 2.75) is 31.6 Å². The molecule has 0 bridgehead atoms. The highest BCUT2D eigenvalue weighted by molar-refractivity contribution is 7.99. The molecule has 1 heterocycles. The number of benzene rings is 1. The first-order valence-corrected chi connectivity index (χ1v) is 7.30. The van der Waals surface area contributed by atoms with Gasteiger partial charge in [0.2, 0.25) is 0 Å².